The minimum absolute atomic E-state index is 0.0926. The van der Waals surface area contributed by atoms with Crippen LogP contribution in [0.4, 0.5) is 0 Å². The normalized spacial score (nSPS) is 27.0. The van der Waals surface area contributed by atoms with Gasteiger partial charge in [0.05, 0.1) is 7.11 Å². The van der Waals surface area contributed by atoms with Gasteiger partial charge in [-0.05, 0) is 66.0 Å². The van der Waals surface area contributed by atoms with Crippen molar-refractivity contribution in [2.24, 2.45) is 5.92 Å². The zero-order valence-electron chi connectivity index (χ0n) is 16.1. The number of piperidine rings is 1. The molecule has 1 aliphatic heterocycles. The molecule has 1 heterocycles. The molecule has 1 saturated heterocycles. The molecule has 0 spiro atoms. The van der Waals surface area contributed by atoms with E-state index in [1.165, 1.54) is 11.1 Å². The lowest BCUT2D eigenvalue weighted by atomic mass is 9.59. The third-order valence-electron chi connectivity index (χ3n) is 6.85. The second-order valence-corrected chi connectivity index (χ2v) is 8.06. The van der Waals surface area contributed by atoms with Gasteiger partial charge in [0.2, 0.25) is 0 Å². The van der Waals surface area contributed by atoms with E-state index in [-0.39, 0.29) is 17.4 Å². The number of rotatable bonds is 2. The maximum atomic E-state index is 13.3. The molecular weight excluding hydrogens is 322 g/mol. The highest BCUT2D eigenvalue weighted by atomic mass is 16.5. The van der Waals surface area contributed by atoms with E-state index >= 15 is 0 Å². The molecule has 26 heavy (non-hydrogen) atoms. The molecule has 0 aromatic heterocycles. The molecule has 3 atom stereocenters. The maximum absolute atomic E-state index is 13.3. The average Bonchev–Trinajstić information content (AvgIpc) is 2.64. The summed E-state index contributed by atoms with van der Waals surface area (Å²) in [6, 6.07) is 14.6. The average molecular weight is 349 g/mol. The van der Waals surface area contributed by atoms with Crippen LogP contribution in [0.2, 0.25) is 0 Å². The number of hydrogen-bond acceptors (Lipinski definition) is 2. The Morgan fingerprint density at radius 1 is 1.23 bits per heavy atom. The predicted molar refractivity (Wildman–Crippen MR) is 104 cm³/mol. The van der Waals surface area contributed by atoms with Gasteiger partial charge in [-0.2, -0.15) is 0 Å². The summed E-state index contributed by atoms with van der Waals surface area (Å²) in [6.45, 7) is 7.50. The first-order chi connectivity index (χ1) is 12.5. The third-order valence-corrected chi connectivity index (χ3v) is 6.85. The number of hydrogen-bond donors (Lipinski definition) is 0. The molecule has 0 saturated carbocycles. The van der Waals surface area contributed by atoms with Crippen molar-refractivity contribution >= 4 is 5.91 Å². The number of nitrogens with zero attached hydrogens (tertiary/aromatic N) is 1. The van der Waals surface area contributed by atoms with Crippen molar-refractivity contribution in [2.45, 2.75) is 45.1 Å². The Morgan fingerprint density at radius 2 is 2.00 bits per heavy atom. The molecule has 2 aliphatic rings. The van der Waals surface area contributed by atoms with Crippen LogP contribution in [0.15, 0.2) is 42.5 Å². The Bertz CT molecular complexity index is 859. The zero-order chi connectivity index (χ0) is 18.5. The van der Waals surface area contributed by atoms with Crippen molar-refractivity contribution in [1.82, 2.24) is 4.90 Å². The van der Waals surface area contributed by atoms with Crippen LogP contribution >= 0.6 is 0 Å². The molecule has 2 aromatic rings. The predicted octanol–water partition coefficient (Wildman–Crippen LogP) is 4.37. The minimum Gasteiger partial charge on any atom is -0.497 e. The van der Waals surface area contributed by atoms with Gasteiger partial charge in [-0.25, -0.2) is 0 Å². The van der Waals surface area contributed by atoms with Crippen molar-refractivity contribution in [1.29, 1.82) is 0 Å². The highest BCUT2D eigenvalue weighted by Crippen LogP contribution is 2.49. The van der Waals surface area contributed by atoms with Crippen LogP contribution in [0.1, 0.15) is 47.3 Å². The van der Waals surface area contributed by atoms with E-state index in [0.717, 1.165) is 36.3 Å². The zero-order valence-corrected chi connectivity index (χ0v) is 16.1. The van der Waals surface area contributed by atoms with Crippen LogP contribution < -0.4 is 4.74 Å². The van der Waals surface area contributed by atoms with Crippen molar-refractivity contribution in [3.05, 3.63) is 64.7 Å². The third kappa shape index (κ3) is 2.45. The molecule has 1 amide bonds. The Kier molecular flexibility index (Phi) is 4.06. The second kappa shape index (κ2) is 6.15. The Labute approximate surface area is 156 Å². The van der Waals surface area contributed by atoms with Gasteiger partial charge in [0.15, 0.2) is 0 Å². The number of fused-ring (bicyclic) bond motifs is 4. The SMILES string of the molecule is COc1ccc2c(c1)[C@]1(C)CCN(C(=O)c3ccccc3C)[C@H](C2)[C@@H]1C. The smallest absolute Gasteiger partial charge is 0.254 e. The van der Waals surface area contributed by atoms with Crippen LogP contribution in [0.5, 0.6) is 5.75 Å². The summed E-state index contributed by atoms with van der Waals surface area (Å²) in [4.78, 5) is 15.4. The number of benzene rings is 2. The van der Waals surface area contributed by atoms with Crippen LogP contribution in [0.25, 0.3) is 0 Å². The molecule has 1 aliphatic carbocycles. The number of ether oxygens (including phenoxy) is 1. The number of aryl methyl sites for hydroxylation is 1. The van der Waals surface area contributed by atoms with E-state index in [0.29, 0.717) is 5.92 Å². The van der Waals surface area contributed by atoms with Gasteiger partial charge in [0.1, 0.15) is 5.75 Å². The lowest BCUT2D eigenvalue weighted by Gasteiger charge is -2.54. The van der Waals surface area contributed by atoms with Gasteiger partial charge >= 0.3 is 0 Å². The Hall–Kier alpha value is -2.29. The molecule has 3 heteroatoms. The number of amides is 1. The molecule has 0 N–H and O–H groups in total. The highest BCUT2D eigenvalue weighted by molar-refractivity contribution is 5.96. The fourth-order valence-corrected chi connectivity index (χ4v) is 4.94. The van der Waals surface area contributed by atoms with Crippen LogP contribution in [0, 0.1) is 12.8 Å². The quantitative estimate of drug-likeness (QED) is 0.806. The topological polar surface area (TPSA) is 29.5 Å². The minimum atomic E-state index is 0.0926. The van der Waals surface area contributed by atoms with Crippen molar-refractivity contribution in [2.75, 3.05) is 13.7 Å². The number of likely N-dealkylation sites (tertiary alicyclic amines) is 1. The summed E-state index contributed by atoms with van der Waals surface area (Å²) < 4.78 is 5.46. The van der Waals surface area contributed by atoms with Crippen LogP contribution in [0.3, 0.4) is 0 Å². The molecule has 4 rings (SSSR count). The second-order valence-electron chi connectivity index (χ2n) is 8.06. The van der Waals surface area contributed by atoms with E-state index < -0.39 is 0 Å². The fourth-order valence-electron chi connectivity index (χ4n) is 4.94. The first-order valence-corrected chi connectivity index (χ1v) is 9.49. The number of methoxy groups -OCH3 is 1. The monoisotopic (exact) mass is 349 g/mol. The summed E-state index contributed by atoms with van der Waals surface area (Å²) in [7, 11) is 1.72. The van der Waals surface area contributed by atoms with Gasteiger partial charge < -0.3 is 9.64 Å². The molecular formula is C23H27NO2. The summed E-state index contributed by atoms with van der Waals surface area (Å²) in [5, 5.41) is 0. The molecule has 136 valence electrons. The fraction of sp³-hybridized carbons (Fsp3) is 0.435. The van der Waals surface area contributed by atoms with Crippen LogP contribution in [-0.2, 0) is 11.8 Å². The molecule has 0 unspecified atom stereocenters. The van der Waals surface area contributed by atoms with E-state index in [1.54, 1.807) is 7.11 Å². The van der Waals surface area contributed by atoms with E-state index in [2.05, 4.69) is 30.9 Å². The van der Waals surface area contributed by atoms with Gasteiger partial charge in [-0.3, -0.25) is 4.79 Å². The molecule has 3 nitrogen and oxygen atoms in total. The summed E-state index contributed by atoms with van der Waals surface area (Å²) in [6.07, 6.45) is 1.91. The lowest BCUT2D eigenvalue weighted by molar-refractivity contribution is 0.0249. The molecule has 1 fully saturated rings. The Balaban J connectivity index is 1.72. The number of carbonyl (C=O) groups is 1. The largest absolute Gasteiger partial charge is 0.497 e. The van der Waals surface area contributed by atoms with Crippen LogP contribution in [-0.4, -0.2) is 30.5 Å². The summed E-state index contributed by atoms with van der Waals surface area (Å²) >= 11 is 0. The summed E-state index contributed by atoms with van der Waals surface area (Å²) in [5.74, 6) is 1.52. The Morgan fingerprint density at radius 3 is 2.73 bits per heavy atom. The maximum Gasteiger partial charge on any atom is 0.254 e. The van der Waals surface area contributed by atoms with Gasteiger partial charge in [0, 0.05) is 18.2 Å². The van der Waals surface area contributed by atoms with Gasteiger partial charge in [-0.1, -0.05) is 38.1 Å². The molecule has 2 aromatic carbocycles. The van der Waals surface area contributed by atoms with E-state index in [1.807, 2.05) is 37.3 Å². The standard InChI is InChI=1S/C23H27NO2/c1-15-7-5-6-8-19(15)22(25)24-12-11-23(3)16(2)21(24)13-17-9-10-18(26-4)14-20(17)23/h5-10,14,16,21H,11-13H2,1-4H3/t16-,21+,23+/m0/s1. The summed E-state index contributed by atoms with van der Waals surface area (Å²) in [5.41, 5.74) is 4.75. The van der Waals surface area contributed by atoms with E-state index in [4.69, 9.17) is 4.74 Å². The number of carbonyl (C=O) groups excluding carboxylic acids is 1. The lowest BCUT2D eigenvalue weighted by Crippen LogP contribution is -2.59. The van der Waals surface area contributed by atoms with Crippen molar-refractivity contribution in [3.63, 3.8) is 0 Å². The molecule has 2 bridgehead atoms. The highest BCUT2D eigenvalue weighted by Gasteiger charge is 2.49. The van der Waals surface area contributed by atoms with Gasteiger partial charge in [-0.15, -0.1) is 0 Å². The van der Waals surface area contributed by atoms with E-state index in [9.17, 15) is 4.79 Å². The van der Waals surface area contributed by atoms with Gasteiger partial charge in [0.25, 0.3) is 5.91 Å². The van der Waals surface area contributed by atoms with Crippen molar-refractivity contribution < 1.29 is 9.53 Å². The first kappa shape index (κ1) is 17.1. The molecule has 0 radical (unpaired) electrons. The van der Waals surface area contributed by atoms with Crippen molar-refractivity contribution in [3.8, 4) is 5.75 Å². The first-order valence-electron chi connectivity index (χ1n) is 9.49.